The number of benzene rings is 1. The van der Waals surface area contributed by atoms with Crippen molar-refractivity contribution >= 4 is 0 Å². The molecule has 3 heteroatoms. The van der Waals surface area contributed by atoms with Gasteiger partial charge in [-0.2, -0.15) is 0 Å². The summed E-state index contributed by atoms with van der Waals surface area (Å²) >= 11 is 0. The van der Waals surface area contributed by atoms with Crippen LogP contribution in [0.15, 0.2) is 24.3 Å². The van der Waals surface area contributed by atoms with Crippen molar-refractivity contribution in [3.63, 3.8) is 0 Å². The molecule has 1 aliphatic rings. The first kappa shape index (κ1) is 12.4. The third-order valence-electron chi connectivity index (χ3n) is 3.52. The lowest BCUT2D eigenvalue weighted by Crippen LogP contribution is -2.45. The molecule has 1 N–H and O–H groups in total. The molecule has 0 amide bonds. The van der Waals surface area contributed by atoms with E-state index in [2.05, 4.69) is 42.4 Å². The Hall–Kier alpha value is -1.06. The van der Waals surface area contributed by atoms with Gasteiger partial charge in [0.25, 0.3) is 0 Å². The number of ether oxygens (including phenoxy) is 1. The molecule has 0 spiro atoms. The Morgan fingerprint density at radius 2 is 2.24 bits per heavy atom. The lowest BCUT2D eigenvalue weighted by molar-refractivity contribution is 0.258. The molecule has 1 atom stereocenters. The molecule has 0 aliphatic carbocycles. The second-order valence-corrected chi connectivity index (χ2v) is 5.08. The van der Waals surface area contributed by atoms with Crippen molar-refractivity contribution in [2.24, 2.45) is 0 Å². The van der Waals surface area contributed by atoms with Crippen molar-refractivity contribution in [2.45, 2.75) is 18.9 Å². The van der Waals surface area contributed by atoms with Gasteiger partial charge in [-0.3, -0.25) is 0 Å². The molecule has 1 heterocycles. The largest absolute Gasteiger partial charge is 0.497 e. The topological polar surface area (TPSA) is 24.5 Å². The van der Waals surface area contributed by atoms with Gasteiger partial charge in [0.15, 0.2) is 0 Å². The Morgan fingerprint density at radius 1 is 1.41 bits per heavy atom. The van der Waals surface area contributed by atoms with Crippen LogP contribution in [-0.2, 0) is 5.54 Å². The number of hydrogen-bond acceptors (Lipinski definition) is 3. The van der Waals surface area contributed by atoms with Crippen molar-refractivity contribution in [3.05, 3.63) is 29.8 Å². The number of methoxy groups -OCH3 is 1. The molecule has 1 aromatic rings. The SMILES string of the molecule is COc1cccc(C2(C)CN(C)CCCN2)c1. The number of rotatable bonds is 2. The standard InChI is InChI=1S/C14H22N2O/c1-14(11-16(2)9-5-8-15-14)12-6-4-7-13(10-12)17-3/h4,6-7,10,15H,5,8-9,11H2,1-3H3. The molecule has 1 saturated heterocycles. The summed E-state index contributed by atoms with van der Waals surface area (Å²) in [6, 6.07) is 8.36. The number of hydrogen-bond donors (Lipinski definition) is 1. The van der Waals surface area contributed by atoms with Crippen LogP contribution in [0.25, 0.3) is 0 Å². The molecule has 17 heavy (non-hydrogen) atoms. The highest BCUT2D eigenvalue weighted by Gasteiger charge is 2.29. The second kappa shape index (κ2) is 5.07. The van der Waals surface area contributed by atoms with E-state index in [9.17, 15) is 0 Å². The van der Waals surface area contributed by atoms with Gasteiger partial charge in [-0.1, -0.05) is 12.1 Å². The van der Waals surface area contributed by atoms with Gasteiger partial charge < -0.3 is 15.0 Å². The minimum Gasteiger partial charge on any atom is -0.497 e. The van der Waals surface area contributed by atoms with Crippen molar-refractivity contribution < 1.29 is 4.74 Å². The molecular weight excluding hydrogens is 212 g/mol. The van der Waals surface area contributed by atoms with Crippen LogP contribution >= 0.6 is 0 Å². The molecule has 3 nitrogen and oxygen atoms in total. The molecule has 0 bridgehead atoms. The number of nitrogens with zero attached hydrogens (tertiary/aromatic N) is 1. The van der Waals surface area contributed by atoms with E-state index in [-0.39, 0.29) is 5.54 Å². The van der Waals surface area contributed by atoms with Gasteiger partial charge in [-0.05, 0) is 51.2 Å². The van der Waals surface area contributed by atoms with E-state index < -0.39 is 0 Å². The van der Waals surface area contributed by atoms with Crippen molar-refractivity contribution in [1.82, 2.24) is 10.2 Å². The molecule has 0 radical (unpaired) electrons. The van der Waals surface area contributed by atoms with E-state index in [1.165, 1.54) is 12.0 Å². The fourth-order valence-corrected chi connectivity index (χ4v) is 2.55. The Labute approximate surface area is 104 Å². The maximum absolute atomic E-state index is 5.31. The van der Waals surface area contributed by atoms with E-state index in [1.54, 1.807) is 7.11 Å². The van der Waals surface area contributed by atoms with Gasteiger partial charge in [0.2, 0.25) is 0 Å². The summed E-state index contributed by atoms with van der Waals surface area (Å²) in [5.74, 6) is 0.928. The van der Waals surface area contributed by atoms with Crippen LogP contribution in [-0.4, -0.2) is 38.7 Å². The molecule has 0 saturated carbocycles. The van der Waals surface area contributed by atoms with Gasteiger partial charge in [0, 0.05) is 6.54 Å². The maximum atomic E-state index is 5.31. The van der Waals surface area contributed by atoms with Crippen molar-refractivity contribution in [3.8, 4) is 5.75 Å². The van der Waals surface area contributed by atoms with Crippen LogP contribution in [0.4, 0.5) is 0 Å². The maximum Gasteiger partial charge on any atom is 0.119 e. The zero-order valence-electron chi connectivity index (χ0n) is 11.0. The highest BCUT2D eigenvalue weighted by molar-refractivity contribution is 5.33. The Balaban J connectivity index is 2.28. The molecular formula is C14H22N2O. The van der Waals surface area contributed by atoms with Gasteiger partial charge in [-0.15, -0.1) is 0 Å². The smallest absolute Gasteiger partial charge is 0.119 e. The van der Waals surface area contributed by atoms with E-state index in [4.69, 9.17) is 4.74 Å². The van der Waals surface area contributed by atoms with Crippen LogP contribution in [0.5, 0.6) is 5.75 Å². The Kier molecular flexibility index (Phi) is 3.69. The summed E-state index contributed by atoms with van der Waals surface area (Å²) < 4.78 is 5.31. The lowest BCUT2D eigenvalue weighted by atomic mass is 9.91. The third-order valence-corrected chi connectivity index (χ3v) is 3.52. The predicted octanol–water partition coefficient (Wildman–Crippen LogP) is 1.84. The highest BCUT2D eigenvalue weighted by Crippen LogP contribution is 2.26. The second-order valence-electron chi connectivity index (χ2n) is 5.08. The summed E-state index contributed by atoms with van der Waals surface area (Å²) in [5, 5.41) is 3.66. The predicted molar refractivity (Wildman–Crippen MR) is 70.5 cm³/mol. The molecule has 1 fully saturated rings. The number of likely N-dealkylation sites (N-methyl/N-ethyl adjacent to an activating group) is 1. The Morgan fingerprint density at radius 3 is 3.00 bits per heavy atom. The van der Waals surface area contributed by atoms with Gasteiger partial charge >= 0.3 is 0 Å². The first-order chi connectivity index (χ1) is 8.14. The fraction of sp³-hybridized carbons (Fsp3) is 0.571. The van der Waals surface area contributed by atoms with E-state index >= 15 is 0 Å². The molecule has 1 aliphatic heterocycles. The van der Waals surface area contributed by atoms with Crippen LogP contribution in [0.3, 0.4) is 0 Å². The van der Waals surface area contributed by atoms with Crippen LogP contribution in [0.2, 0.25) is 0 Å². The Bertz CT molecular complexity index is 380. The van der Waals surface area contributed by atoms with Crippen LogP contribution < -0.4 is 10.1 Å². The van der Waals surface area contributed by atoms with Crippen LogP contribution in [0, 0.1) is 0 Å². The summed E-state index contributed by atoms with van der Waals surface area (Å²) in [4.78, 5) is 2.39. The van der Waals surface area contributed by atoms with Crippen molar-refractivity contribution in [1.29, 1.82) is 0 Å². The third kappa shape index (κ3) is 2.79. The lowest BCUT2D eigenvalue weighted by Gasteiger charge is -2.32. The molecule has 2 rings (SSSR count). The van der Waals surface area contributed by atoms with Crippen LogP contribution in [0.1, 0.15) is 18.9 Å². The zero-order chi connectivity index (χ0) is 12.3. The quantitative estimate of drug-likeness (QED) is 0.845. The monoisotopic (exact) mass is 234 g/mol. The molecule has 1 aromatic carbocycles. The fourth-order valence-electron chi connectivity index (χ4n) is 2.55. The first-order valence-electron chi connectivity index (χ1n) is 6.22. The van der Waals surface area contributed by atoms with E-state index in [1.807, 2.05) is 6.07 Å². The molecule has 0 aromatic heterocycles. The average Bonchev–Trinajstić information content (AvgIpc) is 2.51. The highest BCUT2D eigenvalue weighted by atomic mass is 16.5. The van der Waals surface area contributed by atoms with Gasteiger partial charge in [0.05, 0.1) is 12.6 Å². The first-order valence-corrected chi connectivity index (χ1v) is 6.22. The summed E-state index contributed by atoms with van der Waals surface area (Å²) in [7, 11) is 3.90. The number of nitrogens with one attached hydrogen (secondary N) is 1. The van der Waals surface area contributed by atoms with E-state index in [0.717, 1.165) is 25.4 Å². The molecule has 1 unspecified atom stereocenters. The summed E-state index contributed by atoms with van der Waals surface area (Å²) in [5.41, 5.74) is 1.31. The van der Waals surface area contributed by atoms with Gasteiger partial charge in [-0.25, -0.2) is 0 Å². The minimum absolute atomic E-state index is 0.0137. The van der Waals surface area contributed by atoms with Gasteiger partial charge in [0.1, 0.15) is 5.75 Å². The normalized spacial score (nSPS) is 26.5. The van der Waals surface area contributed by atoms with Crippen molar-refractivity contribution in [2.75, 3.05) is 33.8 Å². The summed E-state index contributed by atoms with van der Waals surface area (Å²) in [6.07, 6.45) is 1.20. The zero-order valence-corrected chi connectivity index (χ0v) is 11.0. The average molecular weight is 234 g/mol. The minimum atomic E-state index is 0.0137. The van der Waals surface area contributed by atoms with E-state index in [0.29, 0.717) is 0 Å². The summed E-state index contributed by atoms with van der Waals surface area (Å²) in [6.45, 7) is 5.52. The molecule has 94 valence electrons.